The average molecular weight is 464 g/mol. The van der Waals surface area contributed by atoms with E-state index in [2.05, 4.69) is 22.3 Å². The molecule has 3 aliphatic heterocycles. The van der Waals surface area contributed by atoms with Gasteiger partial charge in [0.15, 0.2) is 5.11 Å². The molecule has 3 heterocycles. The van der Waals surface area contributed by atoms with Crippen LogP contribution in [0.2, 0.25) is 0 Å². The van der Waals surface area contributed by atoms with E-state index in [0.717, 1.165) is 44.3 Å². The maximum absolute atomic E-state index is 13.5. The third-order valence-corrected chi connectivity index (χ3v) is 6.68. The van der Waals surface area contributed by atoms with Crippen LogP contribution in [0.25, 0.3) is 6.08 Å². The lowest BCUT2D eigenvalue weighted by Gasteiger charge is -2.37. The van der Waals surface area contributed by atoms with Crippen LogP contribution in [0.4, 0.5) is 11.4 Å². The molecule has 3 aliphatic rings. The molecule has 0 saturated carbocycles. The topological polar surface area (TPSA) is 71.1 Å². The summed E-state index contributed by atoms with van der Waals surface area (Å²) in [5.41, 5.74) is 5.22. The molecule has 0 atom stereocenters. The van der Waals surface area contributed by atoms with Gasteiger partial charge in [-0.05, 0) is 84.9 Å². The zero-order chi connectivity index (χ0) is 23.1. The number of rotatable bonds is 4. The van der Waals surface area contributed by atoms with Crippen LogP contribution in [0.3, 0.4) is 0 Å². The van der Waals surface area contributed by atoms with Gasteiger partial charge >= 0.3 is 0 Å². The second-order valence-corrected chi connectivity index (χ2v) is 8.76. The molecule has 2 aromatic rings. The van der Waals surface area contributed by atoms with Crippen LogP contribution in [-0.2, 0) is 22.4 Å². The second kappa shape index (κ2) is 8.51. The number of benzene rings is 2. The number of anilines is 2. The van der Waals surface area contributed by atoms with Gasteiger partial charge in [0, 0.05) is 24.8 Å². The summed E-state index contributed by atoms with van der Waals surface area (Å²) in [4.78, 5) is 30.1. The van der Waals surface area contributed by atoms with Gasteiger partial charge in [-0.3, -0.25) is 14.9 Å². The summed E-state index contributed by atoms with van der Waals surface area (Å²) in [6.45, 7) is 2.19. The predicted octanol–water partition coefficient (Wildman–Crippen LogP) is 3.23. The first-order chi connectivity index (χ1) is 16.0. The minimum absolute atomic E-state index is 0.00452. The van der Waals surface area contributed by atoms with E-state index >= 15 is 0 Å². The predicted molar refractivity (Wildman–Crippen MR) is 131 cm³/mol. The fourth-order valence-electron chi connectivity index (χ4n) is 4.93. The number of carbonyl (C=O) groups is 2. The van der Waals surface area contributed by atoms with Gasteiger partial charge in [-0.15, -0.1) is 0 Å². The van der Waals surface area contributed by atoms with Gasteiger partial charge in [0.05, 0.1) is 19.9 Å². The quantitative estimate of drug-likeness (QED) is 0.427. The maximum atomic E-state index is 13.5. The minimum Gasteiger partial charge on any atom is -0.497 e. The van der Waals surface area contributed by atoms with Crippen molar-refractivity contribution >= 4 is 46.6 Å². The number of nitrogens with zero attached hydrogens (tertiary/aromatic N) is 2. The van der Waals surface area contributed by atoms with Crippen LogP contribution < -0.4 is 24.6 Å². The van der Waals surface area contributed by atoms with E-state index in [1.54, 1.807) is 31.4 Å². The Bertz CT molecular complexity index is 1180. The molecule has 5 rings (SSSR count). The van der Waals surface area contributed by atoms with Gasteiger partial charge in [-0.1, -0.05) is 0 Å². The van der Waals surface area contributed by atoms with Crippen LogP contribution in [0.15, 0.2) is 35.9 Å². The van der Waals surface area contributed by atoms with E-state index in [1.807, 2.05) is 0 Å². The van der Waals surface area contributed by atoms with E-state index in [9.17, 15) is 9.59 Å². The standard InChI is InChI=1S/C25H25N3O4S/c1-31-18-7-8-21(32-2)20(14-18)28-24(30)19(23(29)26-25(28)33)13-15-11-16-5-3-9-27-10-4-6-17(12-15)22(16)27/h7-8,11-14H,3-6,9-10H2,1-2H3,(H,26,29,33)/b19-13-. The summed E-state index contributed by atoms with van der Waals surface area (Å²) in [5.74, 6) is -0.0122. The van der Waals surface area contributed by atoms with Crippen LogP contribution in [-0.4, -0.2) is 44.2 Å². The number of carbonyl (C=O) groups excluding carboxylic acids is 2. The molecule has 2 amide bonds. The first-order valence-electron chi connectivity index (χ1n) is 11.0. The smallest absolute Gasteiger partial charge is 0.270 e. The van der Waals surface area contributed by atoms with E-state index in [1.165, 1.54) is 28.8 Å². The van der Waals surface area contributed by atoms with Crippen LogP contribution >= 0.6 is 12.2 Å². The highest BCUT2D eigenvalue weighted by Gasteiger charge is 2.36. The molecule has 170 valence electrons. The molecule has 0 aromatic heterocycles. The largest absolute Gasteiger partial charge is 0.497 e. The highest BCUT2D eigenvalue weighted by atomic mass is 32.1. The van der Waals surface area contributed by atoms with E-state index in [-0.39, 0.29) is 10.7 Å². The molecule has 0 radical (unpaired) electrons. The van der Waals surface area contributed by atoms with Crippen molar-refractivity contribution in [3.63, 3.8) is 0 Å². The molecule has 0 aliphatic carbocycles. The van der Waals surface area contributed by atoms with E-state index in [0.29, 0.717) is 17.2 Å². The average Bonchev–Trinajstić information content (AvgIpc) is 2.82. The fraction of sp³-hybridized carbons (Fsp3) is 0.320. The second-order valence-electron chi connectivity index (χ2n) is 8.38. The lowest BCUT2D eigenvalue weighted by atomic mass is 9.89. The highest BCUT2D eigenvalue weighted by Crippen LogP contribution is 2.37. The summed E-state index contributed by atoms with van der Waals surface area (Å²) in [6, 6.07) is 9.30. The molecule has 0 unspecified atom stereocenters. The van der Waals surface area contributed by atoms with E-state index in [4.69, 9.17) is 21.7 Å². The summed E-state index contributed by atoms with van der Waals surface area (Å²) in [7, 11) is 3.05. The van der Waals surface area contributed by atoms with Gasteiger partial charge in [0.1, 0.15) is 17.1 Å². The van der Waals surface area contributed by atoms with Crippen molar-refractivity contribution in [2.75, 3.05) is 37.1 Å². The summed E-state index contributed by atoms with van der Waals surface area (Å²) < 4.78 is 10.7. The van der Waals surface area contributed by atoms with Crippen molar-refractivity contribution in [2.24, 2.45) is 0 Å². The summed E-state index contributed by atoms with van der Waals surface area (Å²) >= 11 is 5.35. The number of methoxy groups -OCH3 is 2. The Morgan fingerprint density at radius 3 is 2.33 bits per heavy atom. The van der Waals surface area contributed by atoms with Crippen molar-refractivity contribution in [3.8, 4) is 11.5 Å². The molecular weight excluding hydrogens is 438 g/mol. The van der Waals surface area contributed by atoms with E-state index < -0.39 is 11.8 Å². The van der Waals surface area contributed by atoms with Crippen molar-refractivity contribution in [1.29, 1.82) is 0 Å². The number of thiocarbonyl (C=S) groups is 1. The molecule has 1 N–H and O–H groups in total. The molecule has 2 aromatic carbocycles. The van der Waals surface area contributed by atoms with Crippen molar-refractivity contribution in [3.05, 3.63) is 52.6 Å². The Morgan fingerprint density at radius 2 is 1.70 bits per heavy atom. The molecule has 33 heavy (non-hydrogen) atoms. The molecule has 0 spiro atoms. The first-order valence-corrected chi connectivity index (χ1v) is 11.4. The van der Waals surface area contributed by atoms with Crippen LogP contribution in [0.1, 0.15) is 29.5 Å². The minimum atomic E-state index is -0.504. The Balaban J connectivity index is 1.56. The normalized spacial score (nSPS) is 18.8. The van der Waals surface area contributed by atoms with Crippen molar-refractivity contribution in [1.82, 2.24) is 5.32 Å². The van der Waals surface area contributed by atoms with Gasteiger partial charge in [0.2, 0.25) is 0 Å². The Hall–Kier alpha value is -3.39. The summed E-state index contributed by atoms with van der Waals surface area (Å²) in [6.07, 6.45) is 5.91. The monoisotopic (exact) mass is 463 g/mol. The molecule has 8 heteroatoms. The van der Waals surface area contributed by atoms with Gasteiger partial charge in [0.25, 0.3) is 11.8 Å². The Morgan fingerprint density at radius 1 is 1.00 bits per heavy atom. The molecule has 0 bridgehead atoms. The number of amides is 2. The highest BCUT2D eigenvalue weighted by molar-refractivity contribution is 7.80. The number of hydrogen-bond acceptors (Lipinski definition) is 6. The third kappa shape index (κ3) is 3.74. The Kier molecular flexibility index (Phi) is 5.54. The van der Waals surface area contributed by atoms with Crippen LogP contribution in [0, 0.1) is 0 Å². The maximum Gasteiger partial charge on any atom is 0.270 e. The van der Waals surface area contributed by atoms with Crippen molar-refractivity contribution < 1.29 is 19.1 Å². The number of hydrogen-bond donors (Lipinski definition) is 1. The number of aryl methyl sites for hydroxylation is 2. The van der Waals surface area contributed by atoms with Gasteiger partial charge < -0.3 is 14.4 Å². The zero-order valence-electron chi connectivity index (χ0n) is 18.6. The fourth-order valence-corrected chi connectivity index (χ4v) is 5.20. The lowest BCUT2D eigenvalue weighted by Crippen LogP contribution is -2.54. The molecule has 1 saturated heterocycles. The zero-order valence-corrected chi connectivity index (χ0v) is 19.5. The number of nitrogens with one attached hydrogen (secondary N) is 1. The Labute approximate surface area is 198 Å². The van der Waals surface area contributed by atoms with Crippen molar-refractivity contribution in [2.45, 2.75) is 25.7 Å². The molecular formula is C25H25N3O4S. The number of ether oxygens (including phenoxy) is 2. The van der Waals surface area contributed by atoms with Gasteiger partial charge in [-0.25, -0.2) is 4.90 Å². The van der Waals surface area contributed by atoms with Crippen LogP contribution in [0.5, 0.6) is 11.5 Å². The SMILES string of the molecule is COc1ccc(OC)c(N2C(=O)/C(=C\c3cc4c5c(c3)CCCN5CCC4)C(=O)NC2=S)c1. The first kappa shape index (κ1) is 21.5. The third-order valence-electron chi connectivity index (χ3n) is 6.39. The van der Waals surface area contributed by atoms with Gasteiger partial charge in [-0.2, -0.15) is 0 Å². The molecule has 7 nitrogen and oxygen atoms in total. The lowest BCUT2D eigenvalue weighted by molar-refractivity contribution is -0.122. The summed E-state index contributed by atoms with van der Waals surface area (Å²) in [5, 5.41) is 2.66. The molecule has 1 fully saturated rings.